The second-order valence-electron chi connectivity index (χ2n) is 6.59. The Labute approximate surface area is 162 Å². The smallest absolute Gasteiger partial charge is 0.240 e. The minimum atomic E-state index is -0.161. The molecule has 1 atom stereocenters. The highest BCUT2D eigenvalue weighted by molar-refractivity contribution is 6.30. The largest absolute Gasteiger partial charge is 0.273 e. The van der Waals surface area contributed by atoms with E-state index < -0.39 is 0 Å². The predicted octanol–water partition coefficient (Wildman–Crippen LogP) is 4.53. The van der Waals surface area contributed by atoms with Gasteiger partial charge in [0, 0.05) is 30.1 Å². The third-order valence-corrected chi connectivity index (χ3v) is 4.98. The molecule has 1 aliphatic heterocycles. The number of aromatic nitrogens is 2. The molecule has 6 heteroatoms. The van der Waals surface area contributed by atoms with E-state index in [0.717, 1.165) is 28.2 Å². The van der Waals surface area contributed by atoms with Crippen molar-refractivity contribution in [3.8, 4) is 5.69 Å². The van der Waals surface area contributed by atoms with Gasteiger partial charge >= 0.3 is 0 Å². The first-order chi connectivity index (χ1) is 13.0. The summed E-state index contributed by atoms with van der Waals surface area (Å²) < 4.78 is 1.85. The quantitative estimate of drug-likeness (QED) is 0.672. The lowest BCUT2D eigenvalue weighted by Gasteiger charge is -2.19. The molecule has 1 aliphatic rings. The highest BCUT2D eigenvalue weighted by Gasteiger charge is 2.33. The Bertz CT molecular complexity index is 1010. The molecule has 0 aliphatic carbocycles. The molecule has 3 aromatic rings. The molecule has 2 heterocycles. The molecule has 0 radical (unpaired) electrons. The van der Waals surface area contributed by atoms with Crippen molar-refractivity contribution in [2.45, 2.75) is 26.3 Å². The van der Waals surface area contributed by atoms with Crippen molar-refractivity contribution in [2.24, 2.45) is 5.10 Å². The molecular formula is C21H19ClN4O. The van der Waals surface area contributed by atoms with Crippen LogP contribution in [-0.2, 0) is 4.79 Å². The summed E-state index contributed by atoms with van der Waals surface area (Å²) in [7, 11) is 0. The molecule has 0 saturated heterocycles. The van der Waals surface area contributed by atoms with Crippen LogP contribution in [0.25, 0.3) is 5.69 Å². The molecule has 5 nitrogen and oxygen atoms in total. The van der Waals surface area contributed by atoms with Crippen molar-refractivity contribution in [3.05, 3.63) is 82.6 Å². The number of amides is 1. The Kier molecular flexibility index (Phi) is 4.54. The first-order valence-electron chi connectivity index (χ1n) is 8.78. The van der Waals surface area contributed by atoms with E-state index in [4.69, 9.17) is 11.6 Å². The Balaban J connectivity index is 1.68. The Hall–Kier alpha value is -2.92. The van der Waals surface area contributed by atoms with Crippen molar-refractivity contribution in [1.29, 1.82) is 0 Å². The maximum absolute atomic E-state index is 12.2. The summed E-state index contributed by atoms with van der Waals surface area (Å²) in [4.78, 5) is 12.2. The third-order valence-electron chi connectivity index (χ3n) is 4.73. The number of aryl methyl sites for hydroxylation is 1. The molecule has 27 heavy (non-hydrogen) atoms. The van der Waals surface area contributed by atoms with Gasteiger partial charge in [-0.1, -0.05) is 41.9 Å². The molecule has 0 fully saturated rings. The van der Waals surface area contributed by atoms with Gasteiger partial charge in [0.15, 0.2) is 0 Å². The second-order valence-corrected chi connectivity index (χ2v) is 7.02. The zero-order chi connectivity index (χ0) is 19.0. The van der Waals surface area contributed by atoms with Gasteiger partial charge in [-0.3, -0.25) is 4.79 Å². The number of carbonyl (C=O) groups excluding carboxylic acids is 1. The monoisotopic (exact) mass is 378 g/mol. The van der Waals surface area contributed by atoms with Crippen LogP contribution in [0.3, 0.4) is 0 Å². The number of para-hydroxylation sites is 1. The molecule has 1 aromatic heterocycles. The zero-order valence-electron chi connectivity index (χ0n) is 15.1. The van der Waals surface area contributed by atoms with E-state index in [1.165, 1.54) is 6.92 Å². The molecule has 0 unspecified atom stereocenters. The van der Waals surface area contributed by atoms with Crippen LogP contribution in [0.15, 0.2) is 65.9 Å². The van der Waals surface area contributed by atoms with E-state index in [0.29, 0.717) is 11.4 Å². The molecular weight excluding hydrogens is 360 g/mol. The van der Waals surface area contributed by atoms with E-state index in [-0.39, 0.29) is 11.9 Å². The fraction of sp³-hybridized carbons (Fsp3) is 0.190. The summed E-state index contributed by atoms with van der Waals surface area (Å²) >= 11 is 5.99. The van der Waals surface area contributed by atoms with Crippen molar-refractivity contribution in [2.75, 3.05) is 0 Å². The van der Waals surface area contributed by atoms with E-state index in [9.17, 15) is 4.79 Å². The molecule has 136 valence electrons. The van der Waals surface area contributed by atoms with Gasteiger partial charge in [0.25, 0.3) is 0 Å². The van der Waals surface area contributed by atoms with Gasteiger partial charge in [0.1, 0.15) is 0 Å². The highest BCUT2D eigenvalue weighted by atomic mass is 35.5. The molecule has 0 spiro atoms. The number of benzene rings is 2. The summed E-state index contributed by atoms with van der Waals surface area (Å²) in [6.07, 6.45) is 2.63. The fourth-order valence-corrected chi connectivity index (χ4v) is 3.50. The van der Waals surface area contributed by atoms with Gasteiger partial charge < -0.3 is 0 Å². The Morgan fingerprint density at radius 3 is 2.48 bits per heavy atom. The third kappa shape index (κ3) is 3.38. The van der Waals surface area contributed by atoms with Crippen molar-refractivity contribution in [1.82, 2.24) is 14.8 Å². The summed E-state index contributed by atoms with van der Waals surface area (Å²) in [6.45, 7) is 3.51. The second kappa shape index (κ2) is 7.00. The number of hydrogen-bond donors (Lipinski definition) is 0. The minimum absolute atomic E-state index is 0.0872. The fourth-order valence-electron chi connectivity index (χ4n) is 3.37. The molecule has 1 amide bonds. The van der Waals surface area contributed by atoms with Crippen LogP contribution in [0.4, 0.5) is 0 Å². The molecule has 0 N–H and O–H groups in total. The van der Waals surface area contributed by atoms with Crippen LogP contribution in [0.2, 0.25) is 5.02 Å². The Morgan fingerprint density at radius 2 is 1.81 bits per heavy atom. The maximum atomic E-state index is 12.2. The van der Waals surface area contributed by atoms with Crippen molar-refractivity contribution >= 4 is 23.2 Å². The molecule has 2 aromatic carbocycles. The summed E-state index contributed by atoms with van der Waals surface area (Å²) in [5.74, 6) is -0.0872. The van der Waals surface area contributed by atoms with Gasteiger partial charge in [0.05, 0.1) is 23.1 Å². The maximum Gasteiger partial charge on any atom is 0.240 e. The van der Waals surface area contributed by atoms with E-state index in [2.05, 4.69) is 10.2 Å². The highest BCUT2D eigenvalue weighted by Crippen LogP contribution is 2.34. The Morgan fingerprint density at radius 1 is 1.11 bits per heavy atom. The summed E-state index contributed by atoms with van der Waals surface area (Å²) in [5, 5.41) is 11.5. The number of rotatable bonds is 3. The average molecular weight is 379 g/mol. The average Bonchev–Trinajstić information content (AvgIpc) is 3.27. The molecule has 4 rings (SSSR count). The lowest BCUT2D eigenvalue weighted by Crippen LogP contribution is -2.24. The van der Waals surface area contributed by atoms with Crippen LogP contribution in [0, 0.1) is 6.92 Å². The minimum Gasteiger partial charge on any atom is -0.273 e. The standard InChI is InChI=1S/C21H19ClN4O/c1-14-19(13-25(23-14)18-6-4-3-5-7-18)21-12-20(24-26(21)15(2)27)16-8-10-17(22)11-9-16/h3-11,13,21H,12H2,1-2H3/t21-/m1/s1. The van der Waals surface area contributed by atoms with Crippen molar-refractivity contribution < 1.29 is 4.79 Å². The van der Waals surface area contributed by atoms with Gasteiger partial charge in [-0.05, 0) is 36.8 Å². The summed E-state index contributed by atoms with van der Waals surface area (Å²) in [5.41, 5.74) is 4.72. The van der Waals surface area contributed by atoms with Crippen LogP contribution in [0.1, 0.15) is 36.2 Å². The van der Waals surface area contributed by atoms with E-state index in [1.807, 2.05) is 72.4 Å². The first kappa shape index (κ1) is 17.5. The van der Waals surface area contributed by atoms with Gasteiger partial charge in [-0.15, -0.1) is 0 Å². The first-order valence-corrected chi connectivity index (χ1v) is 9.15. The summed E-state index contributed by atoms with van der Waals surface area (Å²) in [6, 6.07) is 17.3. The predicted molar refractivity (Wildman–Crippen MR) is 106 cm³/mol. The number of hydrogen-bond acceptors (Lipinski definition) is 3. The van der Waals surface area contributed by atoms with Crippen LogP contribution < -0.4 is 0 Å². The topological polar surface area (TPSA) is 50.5 Å². The van der Waals surface area contributed by atoms with Crippen LogP contribution in [-0.4, -0.2) is 26.4 Å². The van der Waals surface area contributed by atoms with Crippen LogP contribution in [0.5, 0.6) is 0 Å². The lowest BCUT2D eigenvalue weighted by molar-refractivity contribution is -0.130. The SMILES string of the molecule is CC(=O)N1N=C(c2ccc(Cl)cc2)C[C@@H]1c1cn(-c2ccccc2)nc1C. The van der Waals surface area contributed by atoms with Crippen molar-refractivity contribution in [3.63, 3.8) is 0 Å². The number of hydrazone groups is 1. The van der Waals surface area contributed by atoms with E-state index in [1.54, 1.807) is 5.01 Å². The number of nitrogens with zero attached hydrogens (tertiary/aromatic N) is 4. The van der Waals surface area contributed by atoms with E-state index >= 15 is 0 Å². The normalized spacial score (nSPS) is 16.5. The van der Waals surface area contributed by atoms with Gasteiger partial charge in [0.2, 0.25) is 5.91 Å². The number of halogens is 1. The molecule has 0 bridgehead atoms. The van der Waals surface area contributed by atoms with Gasteiger partial charge in [-0.2, -0.15) is 10.2 Å². The van der Waals surface area contributed by atoms with Gasteiger partial charge in [-0.25, -0.2) is 9.69 Å². The number of carbonyl (C=O) groups is 1. The molecule has 0 saturated carbocycles. The zero-order valence-corrected chi connectivity index (χ0v) is 15.9. The lowest BCUT2D eigenvalue weighted by atomic mass is 9.99. The van der Waals surface area contributed by atoms with Crippen LogP contribution >= 0.6 is 11.6 Å².